The minimum atomic E-state index is -0.0267. The van der Waals surface area contributed by atoms with Crippen molar-refractivity contribution in [1.82, 2.24) is 15.3 Å². The molecule has 0 atom stereocenters. The van der Waals surface area contributed by atoms with Crippen LogP contribution in [0.15, 0.2) is 34.0 Å². The number of fused-ring (bicyclic) bond motifs is 1. The first-order valence-corrected chi connectivity index (χ1v) is 7.47. The van der Waals surface area contributed by atoms with Crippen molar-refractivity contribution in [2.75, 3.05) is 12.8 Å². The van der Waals surface area contributed by atoms with Gasteiger partial charge in [-0.15, -0.1) is 11.8 Å². The summed E-state index contributed by atoms with van der Waals surface area (Å²) in [7, 11) is 0. The zero-order valence-corrected chi connectivity index (χ0v) is 11.5. The average Bonchev–Trinajstić information content (AvgIpc) is 2.47. The van der Waals surface area contributed by atoms with Crippen molar-refractivity contribution in [3.63, 3.8) is 0 Å². The van der Waals surface area contributed by atoms with Gasteiger partial charge in [-0.05, 0) is 18.4 Å². The van der Waals surface area contributed by atoms with Gasteiger partial charge >= 0.3 is 0 Å². The molecule has 1 aliphatic heterocycles. The molecular formula is C14H15N3OS. The van der Waals surface area contributed by atoms with Crippen LogP contribution < -0.4 is 10.9 Å². The van der Waals surface area contributed by atoms with Crippen LogP contribution in [-0.2, 0) is 13.0 Å². The van der Waals surface area contributed by atoms with E-state index in [1.165, 1.54) is 4.90 Å². The number of nitrogens with zero attached hydrogens (tertiary/aromatic N) is 1. The smallest absolute Gasteiger partial charge is 0.255 e. The van der Waals surface area contributed by atoms with Crippen LogP contribution in [0.4, 0.5) is 0 Å². The Kier molecular flexibility index (Phi) is 3.40. The second kappa shape index (κ2) is 5.19. The van der Waals surface area contributed by atoms with Gasteiger partial charge in [0.1, 0.15) is 5.82 Å². The number of hydrogen-bond acceptors (Lipinski definition) is 4. The first-order valence-electron chi connectivity index (χ1n) is 6.25. The Morgan fingerprint density at radius 1 is 1.26 bits per heavy atom. The van der Waals surface area contributed by atoms with Gasteiger partial charge in [-0.3, -0.25) is 4.79 Å². The highest BCUT2D eigenvalue weighted by atomic mass is 32.2. The molecule has 4 nitrogen and oxygen atoms in total. The van der Waals surface area contributed by atoms with Crippen LogP contribution in [0.1, 0.15) is 11.3 Å². The molecule has 0 unspecified atom stereocenters. The molecule has 2 aromatic rings. The van der Waals surface area contributed by atoms with E-state index in [1.807, 2.05) is 30.5 Å². The molecule has 0 radical (unpaired) electrons. The summed E-state index contributed by atoms with van der Waals surface area (Å²) in [5.74, 6) is 0.665. The third kappa shape index (κ3) is 2.43. The summed E-state index contributed by atoms with van der Waals surface area (Å²) in [4.78, 5) is 20.7. The SMILES string of the molecule is CSc1ccc(-c2nc3c(c(=O)[nH]2)CNCC3)cc1. The number of hydrogen-bond donors (Lipinski definition) is 2. The molecule has 98 valence electrons. The Labute approximate surface area is 115 Å². The van der Waals surface area contributed by atoms with Crippen molar-refractivity contribution < 1.29 is 0 Å². The van der Waals surface area contributed by atoms with Crippen LogP contribution >= 0.6 is 11.8 Å². The highest BCUT2D eigenvalue weighted by Gasteiger charge is 2.15. The van der Waals surface area contributed by atoms with Crippen molar-refractivity contribution in [1.29, 1.82) is 0 Å². The zero-order chi connectivity index (χ0) is 13.2. The zero-order valence-electron chi connectivity index (χ0n) is 10.7. The van der Waals surface area contributed by atoms with E-state index < -0.39 is 0 Å². The van der Waals surface area contributed by atoms with Crippen LogP contribution in [-0.4, -0.2) is 22.8 Å². The molecule has 1 aromatic carbocycles. The van der Waals surface area contributed by atoms with Crippen molar-refractivity contribution >= 4 is 11.8 Å². The summed E-state index contributed by atoms with van der Waals surface area (Å²) in [5.41, 5.74) is 2.62. The number of nitrogens with one attached hydrogen (secondary N) is 2. The maximum atomic E-state index is 12.0. The molecule has 2 N–H and O–H groups in total. The summed E-state index contributed by atoms with van der Waals surface area (Å²) in [5, 5.41) is 3.19. The van der Waals surface area contributed by atoms with E-state index in [4.69, 9.17) is 0 Å². The topological polar surface area (TPSA) is 57.8 Å². The van der Waals surface area contributed by atoms with Gasteiger partial charge in [-0.2, -0.15) is 0 Å². The molecule has 0 aliphatic carbocycles. The van der Waals surface area contributed by atoms with E-state index in [-0.39, 0.29) is 5.56 Å². The fraction of sp³-hybridized carbons (Fsp3) is 0.286. The monoisotopic (exact) mass is 273 g/mol. The highest BCUT2D eigenvalue weighted by molar-refractivity contribution is 7.98. The molecule has 0 amide bonds. The number of aromatic nitrogens is 2. The lowest BCUT2D eigenvalue weighted by Gasteiger charge is -2.15. The van der Waals surface area contributed by atoms with E-state index in [0.29, 0.717) is 12.4 Å². The maximum Gasteiger partial charge on any atom is 0.255 e. The Balaban J connectivity index is 2.05. The fourth-order valence-corrected chi connectivity index (χ4v) is 2.65. The van der Waals surface area contributed by atoms with Crippen LogP contribution in [0.3, 0.4) is 0 Å². The molecule has 19 heavy (non-hydrogen) atoms. The minimum absolute atomic E-state index is 0.0267. The van der Waals surface area contributed by atoms with Crippen molar-refractivity contribution in [2.24, 2.45) is 0 Å². The van der Waals surface area contributed by atoms with Gasteiger partial charge in [0.2, 0.25) is 0 Å². The first kappa shape index (κ1) is 12.4. The van der Waals surface area contributed by atoms with Crippen LogP contribution in [0, 0.1) is 0 Å². The molecule has 3 rings (SSSR count). The van der Waals surface area contributed by atoms with Gasteiger partial charge in [-0.1, -0.05) is 12.1 Å². The molecule has 1 aromatic heterocycles. The lowest BCUT2D eigenvalue weighted by atomic mass is 10.1. The first-order chi connectivity index (χ1) is 9.28. The molecular weight excluding hydrogens is 258 g/mol. The van der Waals surface area contributed by atoms with E-state index in [1.54, 1.807) is 11.8 Å². The van der Waals surface area contributed by atoms with Gasteiger partial charge in [0.25, 0.3) is 5.56 Å². The molecule has 0 saturated heterocycles. The summed E-state index contributed by atoms with van der Waals surface area (Å²) >= 11 is 1.70. The predicted molar refractivity (Wildman–Crippen MR) is 77.5 cm³/mol. The van der Waals surface area contributed by atoms with E-state index in [2.05, 4.69) is 15.3 Å². The molecule has 0 saturated carbocycles. The van der Waals surface area contributed by atoms with Crippen LogP contribution in [0.5, 0.6) is 0 Å². The lowest BCUT2D eigenvalue weighted by molar-refractivity contribution is 0.621. The minimum Gasteiger partial charge on any atom is -0.312 e. The van der Waals surface area contributed by atoms with Gasteiger partial charge < -0.3 is 10.3 Å². The summed E-state index contributed by atoms with van der Waals surface area (Å²) in [6.45, 7) is 1.50. The second-order valence-corrected chi connectivity index (χ2v) is 5.37. The normalized spacial score (nSPS) is 14.2. The van der Waals surface area contributed by atoms with Gasteiger partial charge in [0.15, 0.2) is 0 Å². The maximum absolute atomic E-state index is 12.0. The number of H-pyrrole nitrogens is 1. The third-order valence-electron chi connectivity index (χ3n) is 3.30. The van der Waals surface area contributed by atoms with E-state index in [0.717, 1.165) is 29.8 Å². The molecule has 0 bridgehead atoms. The van der Waals surface area contributed by atoms with Crippen LogP contribution in [0.2, 0.25) is 0 Å². The summed E-state index contributed by atoms with van der Waals surface area (Å²) in [6, 6.07) is 8.08. The highest BCUT2D eigenvalue weighted by Crippen LogP contribution is 2.20. The molecule has 1 aliphatic rings. The predicted octanol–water partition coefficient (Wildman–Crippen LogP) is 1.80. The van der Waals surface area contributed by atoms with E-state index in [9.17, 15) is 4.79 Å². The number of benzene rings is 1. The third-order valence-corrected chi connectivity index (χ3v) is 4.05. The Hall–Kier alpha value is -1.59. The Morgan fingerprint density at radius 2 is 2.05 bits per heavy atom. The molecule has 0 spiro atoms. The van der Waals surface area contributed by atoms with Crippen LogP contribution in [0.25, 0.3) is 11.4 Å². The molecule has 2 heterocycles. The van der Waals surface area contributed by atoms with Gasteiger partial charge in [0.05, 0.1) is 11.3 Å². The van der Waals surface area contributed by atoms with Crippen molar-refractivity contribution in [3.8, 4) is 11.4 Å². The lowest BCUT2D eigenvalue weighted by Crippen LogP contribution is -2.31. The summed E-state index contributed by atoms with van der Waals surface area (Å²) < 4.78 is 0. The largest absolute Gasteiger partial charge is 0.312 e. The van der Waals surface area contributed by atoms with Crippen molar-refractivity contribution in [3.05, 3.63) is 45.9 Å². The number of aromatic amines is 1. The Bertz CT molecular complexity index is 649. The van der Waals surface area contributed by atoms with Gasteiger partial charge in [-0.25, -0.2) is 4.98 Å². The molecule has 0 fully saturated rings. The van der Waals surface area contributed by atoms with Gasteiger partial charge in [0, 0.05) is 30.0 Å². The summed E-state index contributed by atoms with van der Waals surface area (Å²) in [6.07, 6.45) is 2.86. The van der Waals surface area contributed by atoms with E-state index >= 15 is 0 Å². The standard InChI is InChI=1S/C14H15N3OS/c1-19-10-4-2-9(3-5-10)13-16-12-6-7-15-8-11(12)14(18)17-13/h2-5,15H,6-8H2,1H3,(H,16,17,18). The average molecular weight is 273 g/mol. The quantitative estimate of drug-likeness (QED) is 0.819. The fourth-order valence-electron chi connectivity index (χ4n) is 2.24. The number of rotatable bonds is 2. The second-order valence-electron chi connectivity index (χ2n) is 4.50. The Morgan fingerprint density at radius 3 is 2.79 bits per heavy atom. The molecule has 5 heteroatoms. The number of thioether (sulfide) groups is 1. The van der Waals surface area contributed by atoms with Crippen molar-refractivity contribution in [2.45, 2.75) is 17.9 Å².